The summed E-state index contributed by atoms with van der Waals surface area (Å²) in [7, 11) is 1.67. The zero-order valence-electron chi connectivity index (χ0n) is 15.5. The molecule has 0 spiro atoms. The summed E-state index contributed by atoms with van der Waals surface area (Å²) in [6.45, 7) is 3.23. The number of benzene rings is 1. The standard InChI is InChI=1S/C21H24N4OS/c1-26-20-9-3-2-8-18(20)19-10-11-21(24-23-19)22-16-6-4-12-25(14-16)15-17-7-5-13-27-17/h2-3,5,7-11,13,16H,4,6,12,14-15H2,1H3,(H,22,24)/t16-/m0/s1. The molecule has 1 fully saturated rings. The number of rotatable bonds is 6. The number of nitrogens with zero attached hydrogens (tertiary/aromatic N) is 3. The van der Waals surface area contributed by atoms with Crippen molar-refractivity contribution in [3.63, 3.8) is 0 Å². The molecular formula is C21H24N4OS. The molecule has 27 heavy (non-hydrogen) atoms. The van der Waals surface area contributed by atoms with E-state index in [1.807, 2.05) is 47.7 Å². The molecule has 140 valence electrons. The van der Waals surface area contributed by atoms with E-state index in [2.05, 4.69) is 37.9 Å². The van der Waals surface area contributed by atoms with Crippen LogP contribution < -0.4 is 10.1 Å². The Morgan fingerprint density at radius 3 is 2.85 bits per heavy atom. The maximum Gasteiger partial charge on any atom is 0.148 e. The van der Waals surface area contributed by atoms with Crippen molar-refractivity contribution in [1.29, 1.82) is 0 Å². The fourth-order valence-electron chi connectivity index (χ4n) is 3.56. The molecule has 1 aromatic carbocycles. The minimum absolute atomic E-state index is 0.408. The van der Waals surface area contributed by atoms with Crippen LogP contribution in [0.4, 0.5) is 5.82 Å². The van der Waals surface area contributed by atoms with E-state index in [0.29, 0.717) is 6.04 Å². The number of nitrogens with one attached hydrogen (secondary N) is 1. The Morgan fingerprint density at radius 2 is 2.07 bits per heavy atom. The second-order valence-corrected chi connectivity index (χ2v) is 7.83. The van der Waals surface area contributed by atoms with E-state index in [-0.39, 0.29) is 0 Å². The molecule has 1 saturated heterocycles. The fourth-order valence-corrected chi connectivity index (χ4v) is 4.30. The van der Waals surface area contributed by atoms with Gasteiger partial charge >= 0.3 is 0 Å². The Morgan fingerprint density at radius 1 is 1.15 bits per heavy atom. The summed E-state index contributed by atoms with van der Waals surface area (Å²) in [5.41, 5.74) is 1.78. The van der Waals surface area contributed by atoms with Crippen LogP contribution in [0.2, 0.25) is 0 Å². The van der Waals surface area contributed by atoms with Crippen LogP contribution in [0.15, 0.2) is 53.9 Å². The number of aromatic nitrogens is 2. The van der Waals surface area contributed by atoms with E-state index in [1.165, 1.54) is 11.3 Å². The molecule has 2 aromatic heterocycles. The molecule has 3 heterocycles. The van der Waals surface area contributed by atoms with Crippen molar-refractivity contribution in [2.24, 2.45) is 0 Å². The van der Waals surface area contributed by atoms with Crippen molar-refractivity contribution in [2.45, 2.75) is 25.4 Å². The van der Waals surface area contributed by atoms with Crippen molar-refractivity contribution >= 4 is 17.2 Å². The Balaban J connectivity index is 1.39. The summed E-state index contributed by atoms with van der Waals surface area (Å²) in [4.78, 5) is 3.94. The third-order valence-corrected chi connectivity index (χ3v) is 5.73. The summed E-state index contributed by atoms with van der Waals surface area (Å²) >= 11 is 1.83. The van der Waals surface area contributed by atoms with Gasteiger partial charge in [-0.2, -0.15) is 0 Å². The monoisotopic (exact) mass is 380 g/mol. The van der Waals surface area contributed by atoms with E-state index in [1.54, 1.807) is 7.11 Å². The van der Waals surface area contributed by atoms with Crippen LogP contribution in [-0.4, -0.2) is 41.3 Å². The lowest BCUT2D eigenvalue weighted by atomic mass is 10.1. The van der Waals surface area contributed by atoms with Gasteiger partial charge in [0.2, 0.25) is 0 Å². The van der Waals surface area contributed by atoms with Crippen LogP contribution in [0.3, 0.4) is 0 Å². The van der Waals surface area contributed by atoms with Gasteiger partial charge in [-0.05, 0) is 55.1 Å². The molecule has 1 atom stereocenters. The van der Waals surface area contributed by atoms with E-state index < -0.39 is 0 Å². The minimum atomic E-state index is 0.408. The first-order valence-corrected chi connectivity index (χ1v) is 10.2. The first-order valence-electron chi connectivity index (χ1n) is 9.30. The lowest BCUT2D eigenvalue weighted by Gasteiger charge is -2.33. The molecule has 0 unspecified atom stereocenters. The number of hydrogen-bond donors (Lipinski definition) is 1. The van der Waals surface area contributed by atoms with Gasteiger partial charge in [0.05, 0.1) is 12.8 Å². The second-order valence-electron chi connectivity index (χ2n) is 6.80. The van der Waals surface area contributed by atoms with Gasteiger partial charge in [-0.25, -0.2) is 0 Å². The van der Waals surface area contributed by atoms with Crippen LogP contribution in [0.25, 0.3) is 11.3 Å². The average Bonchev–Trinajstić information content (AvgIpc) is 3.22. The van der Waals surface area contributed by atoms with Gasteiger partial charge in [-0.3, -0.25) is 4.90 Å². The van der Waals surface area contributed by atoms with Gasteiger partial charge in [-0.1, -0.05) is 18.2 Å². The van der Waals surface area contributed by atoms with E-state index >= 15 is 0 Å². The molecule has 0 aliphatic carbocycles. The number of anilines is 1. The Labute approximate surface area is 164 Å². The van der Waals surface area contributed by atoms with Crippen molar-refractivity contribution in [3.8, 4) is 17.0 Å². The quantitative estimate of drug-likeness (QED) is 0.691. The Hall–Kier alpha value is -2.44. The molecule has 0 bridgehead atoms. The third-order valence-electron chi connectivity index (χ3n) is 4.86. The lowest BCUT2D eigenvalue weighted by Crippen LogP contribution is -2.41. The predicted octanol–water partition coefficient (Wildman–Crippen LogP) is 4.29. The van der Waals surface area contributed by atoms with Gasteiger partial charge in [0.15, 0.2) is 0 Å². The Bertz CT molecular complexity index is 851. The maximum absolute atomic E-state index is 5.42. The number of ether oxygens (including phenoxy) is 1. The number of para-hydroxylation sites is 1. The fraction of sp³-hybridized carbons (Fsp3) is 0.333. The SMILES string of the molecule is COc1ccccc1-c1ccc(N[C@H]2CCCN(Cc3cccs3)C2)nn1. The number of likely N-dealkylation sites (tertiary alicyclic amines) is 1. The summed E-state index contributed by atoms with van der Waals surface area (Å²) < 4.78 is 5.42. The number of methoxy groups -OCH3 is 1. The van der Waals surface area contributed by atoms with Crippen molar-refractivity contribution < 1.29 is 4.74 Å². The number of hydrogen-bond acceptors (Lipinski definition) is 6. The molecule has 1 aliphatic heterocycles. The molecule has 6 heteroatoms. The topological polar surface area (TPSA) is 50.3 Å². The van der Waals surface area contributed by atoms with Gasteiger partial charge < -0.3 is 10.1 Å². The van der Waals surface area contributed by atoms with E-state index in [0.717, 1.165) is 48.9 Å². The van der Waals surface area contributed by atoms with Gasteiger partial charge in [0.25, 0.3) is 0 Å². The first kappa shape index (κ1) is 17.9. The Kier molecular flexibility index (Phi) is 5.65. The second kappa shape index (κ2) is 8.50. The molecule has 3 aromatic rings. The molecule has 1 aliphatic rings. The normalized spacial score (nSPS) is 17.6. The zero-order chi connectivity index (χ0) is 18.5. The highest BCUT2D eigenvalue weighted by molar-refractivity contribution is 7.09. The first-order chi connectivity index (χ1) is 13.3. The predicted molar refractivity (Wildman–Crippen MR) is 110 cm³/mol. The smallest absolute Gasteiger partial charge is 0.148 e. The van der Waals surface area contributed by atoms with Crippen LogP contribution in [-0.2, 0) is 6.54 Å². The molecule has 0 radical (unpaired) electrons. The summed E-state index contributed by atoms with van der Waals surface area (Å²) in [6, 6.07) is 16.6. The van der Waals surface area contributed by atoms with Gasteiger partial charge in [0.1, 0.15) is 11.6 Å². The molecule has 4 rings (SSSR count). The van der Waals surface area contributed by atoms with Crippen molar-refractivity contribution in [2.75, 3.05) is 25.5 Å². The molecule has 1 N–H and O–H groups in total. The molecule has 0 saturated carbocycles. The lowest BCUT2D eigenvalue weighted by molar-refractivity contribution is 0.210. The molecular weight excluding hydrogens is 356 g/mol. The van der Waals surface area contributed by atoms with Crippen molar-refractivity contribution in [3.05, 3.63) is 58.8 Å². The minimum Gasteiger partial charge on any atom is -0.496 e. The van der Waals surface area contributed by atoms with Crippen LogP contribution in [0, 0.1) is 0 Å². The highest BCUT2D eigenvalue weighted by Crippen LogP contribution is 2.28. The highest BCUT2D eigenvalue weighted by Gasteiger charge is 2.20. The molecule has 5 nitrogen and oxygen atoms in total. The molecule has 0 amide bonds. The summed E-state index contributed by atoms with van der Waals surface area (Å²) in [6.07, 6.45) is 2.37. The largest absolute Gasteiger partial charge is 0.496 e. The highest BCUT2D eigenvalue weighted by atomic mass is 32.1. The average molecular weight is 381 g/mol. The van der Waals surface area contributed by atoms with Crippen LogP contribution >= 0.6 is 11.3 Å². The maximum atomic E-state index is 5.42. The van der Waals surface area contributed by atoms with Crippen LogP contribution in [0.5, 0.6) is 5.75 Å². The van der Waals surface area contributed by atoms with E-state index in [4.69, 9.17) is 4.74 Å². The van der Waals surface area contributed by atoms with Crippen molar-refractivity contribution in [1.82, 2.24) is 15.1 Å². The number of thiophene rings is 1. The number of piperidine rings is 1. The third kappa shape index (κ3) is 4.46. The summed E-state index contributed by atoms with van der Waals surface area (Å²) in [5.74, 6) is 1.64. The van der Waals surface area contributed by atoms with Gasteiger partial charge in [-0.15, -0.1) is 21.5 Å². The zero-order valence-corrected chi connectivity index (χ0v) is 16.3. The van der Waals surface area contributed by atoms with Crippen LogP contribution in [0.1, 0.15) is 17.7 Å². The van der Waals surface area contributed by atoms with Gasteiger partial charge in [0, 0.05) is 29.6 Å². The van der Waals surface area contributed by atoms with E-state index in [9.17, 15) is 0 Å². The summed E-state index contributed by atoms with van der Waals surface area (Å²) in [5, 5.41) is 14.5.